The highest BCUT2D eigenvalue weighted by atomic mass is 35.5. The lowest BCUT2D eigenvalue weighted by atomic mass is 10.0. The molecule has 16 heavy (non-hydrogen) atoms. The molecule has 0 radical (unpaired) electrons. The van der Waals surface area contributed by atoms with Gasteiger partial charge in [-0.05, 0) is 44.0 Å². The highest BCUT2D eigenvalue weighted by Gasteiger charge is 2.42. The predicted molar refractivity (Wildman–Crippen MR) is 67.3 cm³/mol. The molecule has 1 aliphatic rings. The van der Waals surface area contributed by atoms with Crippen molar-refractivity contribution in [2.24, 2.45) is 11.1 Å². The van der Waals surface area contributed by atoms with Crippen LogP contribution >= 0.6 is 23.2 Å². The van der Waals surface area contributed by atoms with Gasteiger partial charge in [0.05, 0.1) is 6.61 Å². The van der Waals surface area contributed by atoms with Gasteiger partial charge in [-0.25, -0.2) is 0 Å². The molecule has 0 saturated heterocycles. The van der Waals surface area contributed by atoms with E-state index in [-0.39, 0.29) is 0 Å². The van der Waals surface area contributed by atoms with Crippen LogP contribution in [-0.4, -0.2) is 13.2 Å². The molecule has 0 unspecified atom stereocenters. The molecule has 2 nitrogen and oxygen atoms in total. The third kappa shape index (κ3) is 3.03. The average molecular weight is 260 g/mol. The normalized spacial score (nSPS) is 17.2. The van der Waals surface area contributed by atoms with Gasteiger partial charge in [-0.15, -0.1) is 0 Å². The summed E-state index contributed by atoms with van der Waals surface area (Å²) in [5.41, 5.74) is 5.88. The van der Waals surface area contributed by atoms with Gasteiger partial charge in [0.25, 0.3) is 0 Å². The number of benzene rings is 1. The van der Waals surface area contributed by atoms with E-state index in [4.69, 9.17) is 33.7 Å². The third-order valence-electron chi connectivity index (χ3n) is 3.01. The Labute approximate surface area is 106 Å². The smallest absolute Gasteiger partial charge is 0.122 e. The number of nitrogens with two attached hydrogens (primary N) is 1. The zero-order chi connectivity index (χ0) is 11.6. The number of ether oxygens (including phenoxy) is 1. The lowest BCUT2D eigenvalue weighted by Crippen LogP contribution is -2.17. The van der Waals surface area contributed by atoms with Crippen LogP contribution in [0.15, 0.2) is 18.2 Å². The van der Waals surface area contributed by atoms with E-state index in [0.717, 1.165) is 18.7 Å². The molecule has 1 aromatic rings. The molecule has 0 aliphatic heterocycles. The second-order valence-electron chi connectivity index (χ2n) is 4.43. The Bertz CT molecular complexity index is 357. The van der Waals surface area contributed by atoms with Crippen LogP contribution in [0.3, 0.4) is 0 Å². The van der Waals surface area contributed by atoms with Crippen LogP contribution < -0.4 is 10.5 Å². The van der Waals surface area contributed by atoms with E-state index < -0.39 is 0 Å². The second kappa shape index (κ2) is 4.82. The summed E-state index contributed by atoms with van der Waals surface area (Å²) in [6.07, 6.45) is 3.44. The first-order valence-corrected chi connectivity index (χ1v) is 6.18. The van der Waals surface area contributed by atoms with Crippen LogP contribution in [0.25, 0.3) is 0 Å². The van der Waals surface area contributed by atoms with Crippen molar-refractivity contribution in [2.45, 2.75) is 19.3 Å². The van der Waals surface area contributed by atoms with E-state index in [2.05, 4.69) is 0 Å². The summed E-state index contributed by atoms with van der Waals surface area (Å²) >= 11 is 11.8. The first-order valence-electron chi connectivity index (χ1n) is 5.43. The summed E-state index contributed by atoms with van der Waals surface area (Å²) in [6.45, 7) is 1.43. The van der Waals surface area contributed by atoms with E-state index in [1.165, 1.54) is 12.8 Å². The molecule has 0 aromatic heterocycles. The number of rotatable bonds is 5. The van der Waals surface area contributed by atoms with E-state index >= 15 is 0 Å². The molecule has 0 bridgehead atoms. The van der Waals surface area contributed by atoms with Crippen molar-refractivity contribution in [1.82, 2.24) is 0 Å². The van der Waals surface area contributed by atoms with Crippen LogP contribution in [0.1, 0.15) is 19.3 Å². The zero-order valence-electron chi connectivity index (χ0n) is 9.01. The van der Waals surface area contributed by atoms with Gasteiger partial charge in [-0.3, -0.25) is 0 Å². The molecule has 0 heterocycles. The minimum Gasteiger partial charge on any atom is -0.493 e. The van der Waals surface area contributed by atoms with Crippen LogP contribution in [0.5, 0.6) is 5.75 Å². The van der Waals surface area contributed by atoms with E-state index in [1.807, 2.05) is 0 Å². The third-order valence-corrected chi connectivity index (χ3v) is 3.45. The van der Waals surface area contributed by atoms with Gasteiger partial charge in [0.1, 0.15) is 5.75 Å². The molecule has 88 valence electrons. The second-order valence-corrected chi connectivity index (χ2v) is 5.31. The lowest BCUT2D eigenvalue weighted by Gasteiger charge is -2.15. The summed E-state index contributed by atoms with van der Waals surface area (Å²) in [5.74, 6) is 0.737. The summed E-state index contributed by atoms with van der Waals surface area (Å²) in [6, 6.07) is 5.26. The molecule has 0 spiro atoms. The van der Waals surface area contributed by atoms with Crippen molar-refractivity contribution < 1.29 is 4.74 Å². The average Bonchev–Trinajstić information content (AvgIpc) is 2.95. The summed E-state index contributed by atoms with van der Waals surface area (Å²) in [4.78, 5) is 0. The molecular formula is C12H15Cl2NO. The lowest BCUT2D eigenvalue weighted by molar-refractivity contribution is 0.227. The van der Waals surface area contributed by atoms with Crippen LogP contribution in [0.4, 0.5) is 0 Å². The van der Waals surface area contributed by atoms with Gasteiger partial charge >= 0.3 is 0 Å². The zero-order valence-corrected chi connectivity index (χ0v) is 10.5. The van der Waals surface area contributed by atoms with Crippen LogP contribution in [-0.2, 0) is 0 Å². The fourth-order valence-corrected chi connectivity index (χ4v) is 2.30. The van der Waals surface area contributed by atoms with Gasteiger partial charge in [-0.1, -0.05) is 23.2 Å². The monoisotopic (exact) mass is 259 g/mol. The number of halogens is 2. The Morgan fingerprint density at radius 1 is 1.19 bits per heavy atom. The van der Waals surface area contributed by atoms with Crippen molar-refractivity contribution in [3.05, 3.63) is 28.2 Å². The molecule has 1 aromatic carbocycles. The van der Waals surface area contributed by atoms with E-state index in [0.29, 0.717) is 22.1 Å². The highest BCUT2D eigenvalue weighted by molar-refractivity contribution is 6.34. The minimum absolute atomic E-state index is 0.309. The molecule has 1 fully saturated rings. The fraction of sp³-hybridized carbons (Fsp3) is 0.500. The van der Waals surface area contributed by atoms with E-state index in [1.54, 1.807) is 18.2 Å². The molecule has 1 saturated carbocycles. The Kier molecular flexibility index (Phi) is 3.63. The molecule has 0 amide bonds. The van der Waals surface area contributed by atoms with Crippen LogP contribution in [0.2, 0.25) is 10.0 Å². The van der Waals surface area contributed by atoms with Gasteiger partial charge in [-0.2, -0.15) is 0 Å². The van der Waals surface area contributed by atoms with Crippen LogP contribution in [0, 0.1) is 5.41 Å². The fourth-order valence-electron chi connectivity index (χ4n) is 1.80. The van der Waals surface area contributed by atoms with Crippen molar-refractivity contribution in [1.29, 1.82) is 0 Å². The molecule has 0 atom stereocenters. The molecule has 1 aliphatic carbocycles. The molecule has 2 N–H and O–H groups in total. The van der Waals surface area contributed by atoms with Gasteiger partial charge in [0, 0.05) is 15.5 Å². The maximum Gasteiger partial charge on any atom is 0.122 e. The van der Waals surface area contributed by atoms with Crippen molar-refractivity contribution >= 4 is 23.2 Å². The largest absolute Gasteiger partial charge is 0.493 e. The Morgan fingerprint density at radius 2 is 1.81 bits per heavy atom. The standard InChI is InChI=1S/C12H15Cl2NO/c13-9-5-10(14)7-11(6-9)16-8-12(1-2-12)3-4-15/h5-7H,1-4,8,15H2. The summed E-state index contributed by atoms with van der Waals surface area (Å²) < 4.78 is 5.72. The maximum absolute atomic E-state index is 5.89. The van der Waals surface area contributed by atoms with Gasteiger partial charge < -0.3 is 10.5 Å². The van der Waals surface area contributed by atoms with Crippen molar-refractivity contribution in [2.75, 3.05) is 13.2 Å². The maximum atomic E-state index is 5.89. The van der Waals surface area contributed by atoms with E-state index in [9.17, 15) is 0 Å². The summed E-state index contributed by atoms with van der Waals surface area (Å²) in [7, 11) is 0. The Morgan fingerprint density at radius 3 is 2.31 bits per heavy atom. The van der Waals surface area contributed by atoms with Gasteiger partial charge in [0.15, 0.2) is 0 Å². The Hall–Kier alpha value is -0.440. The van der Waals surface area contributed by atoms with Gasteiger partial charge in [0.2, 0.25) is 0 Å². The highest BCUT2D eigenvalue weighted by Crippen LogP contribution is 2.48. The first-order chi connectivity index (χ1) is 7.63. The quantitative estimate of drug-likeness (QED) is 0.879. The minimum atomic E-state index is 0.309. The Balaban J connectivity index is 1.94. The number of hydrogen-bond donors (Lipinski definition) is 1. The van der Waals surface area contributed by atoms with Crippen molar-refractivity contribution in [3.63, 3.8) is 0 Å². The van der Waals surface area contributed by atoms with Crippen molar-refractivity contribution in [3.8, 4) is 5.75 Å². The SMILES string of the molecule is NCCC1(COc2cc(Cl)cc(Cl)c2)CC1. The first kappa shape index (κ1) is 12.0. The summed E-state index contributed by atoms with van der Waals surface area (Å²) in [5, 5.41) is 1.21. The molecular weight excluding hydrogens is 245 g/mol. The molecule has 4 heteroatoms. The predicted octanol–water partition coefficient (Wildman–Crippen LogP) is 3.50. The molecule has 2 rings (SSSR count). The number of hydrogen-bond acceptors (Lipinski definition) is 2. The topological polar surface area (TPSA) is 35.2 Å².